The van der Waals surface area contributed by atoms with Crippen molar-refractivity contribution >= 4 is 9.84 Å². The normalized spacial score (nSPS) is 18.5. The van der Waals surface area contributed by atoms with Crippen LogP contribution in [0.3, 0.4) is 0 Å². The highest BCUT2D eigenvalue weighted by Gasteiger charge is 2.40. The molecule has 1 aromatic carbocycles. The first-order valence-electron chi connectivity index (χ1n) is 8.15. The van der Waals surface area contributed by atoms with Crippen molar-refractivity contribution in [2.24, 2.45) is 5.41 Å². The largest absolute Gasteiger partial charge is 0.467 e. The van der Waals surface area contributed by atoms with Crippen molar-refractivity contribution in [2.75, 3.05) is 27.1 Å². The maximum Gasteiger partial charge on any atom is 0.206 e. The van der Waals surface area contributed by atoms with Crippen molar-refractivity contribution in [2.45, 2.75) is 38.4 Å². The Balaban J connectivity index is 2.16. The summed E-state index contributed by atoms with van der Waals surface area (Å²) in [6.07, 6.45) is -0.512. The van der Waals surface area contributed by atoms with Gasteiger partial charge in [0.2, 0.25) is 16.1 Å². The van der Waals surface area contributed by atoms with Crippen molar-refractivity contribution < 1.29 is 27.4 Å². The molecule has 0 radical (unpaired) electrons. The van der Waals surface area contributed by atoms with Crippen molar-refractivity contribution in [3.8, 4) is 0 Å². The third-order valence-electron chi connectivity index (χ3n) is 3.68. The molecule has 0 fully saturated rings. The minimum absolute atomic E-state index is 0.0180. The second-order valence-electron chi connectivity index (χ2n) is 6.76. The number of hydrogen-bond acceptors (Lipinski definition) is 6. The van der Waals surface area contributed by atoms with E-state index in [4.69, 9.17) is 18.9 Å². The van der Waals surface area contributed by atoms with Gasteiger partial charge in [0.1, 0.15) is 5.76 Å². The van der Waals surface area contributed by atoms with Crippen LogP contribution in [0.5, 0.6) is 0 Å². The molecule has 1 unspecified atom stereocenters. The Morgan fingerprint density at radius 1 is 1.16 bits per heavy atom. The van der Waals surface area contributed by atoms with E-state index >= 15 is 0 Å². The summed E-state index contributed by atoms with van der Waals surface area (Å²) in [5.74, 6) is 0.443. The van der Waals surface area contributed by atoms with Crippen LogP contribution in [0, 0.1) is 5.41 Å². The maximum atomic E-state index is 13.0. The maximum absolute atomic E-state index is 13.0. The van der Waals surface area contributed by atoms with Gasteiger partial charge in [-0.05, 0) is 12.1 Å². The van der Waals surface area contributed by atoms with Crippen LogP contribution in [0.2, 0.25) is 0 Å². The van der Waals surface area contributed by atoms with Gasteiger partial charge in [-0.1, -0.05) is 39.0 Å². The molecule has 140 valence electrons. The van der Waals surface area contributed by atoms with Gasteiger partial charge in [0, 0.05) is 18.9 Å². The molecule has 7 heteroatoms. The molecule has 0 N–H and O–H groups in total. The van der Waals surface area contributed by atoms with E-state index in [0.29, 0.717) is 19.0 Å². The first-order chi connectivity index (χ1) is 11.8. The number of benzene rings is 1. The molecular formula is C18H26O6S. The lowest BCUT2D eigenvalue weighted by Gasteiger charge is -2.23. The summed E-state index contributed by atoms with van der Waals surface area (Å²) in [5, 5.41) is 0. The molecule has 0 saturated carbocycles. The zero-order valence-electron chi connectivity index (χ0n) is 15.2. The van der Waals surface area contributed by atoms with E-state index in [0.717, 1.165) is 0 Å². The molecule has 0 bridgehead atoms. The number of hydrogen-bond donors (Lipinski definition) is 0. The average Bonchev–Trinajstić information content (AvgIpc) is 3.01. The number of ether oxygens (including phenoxy) is 4. The zero-order valence-corrected chi connectivity index (χ0v) is 16.0. The summed E-state index contributed by atoms with van der Waals surface area (Å²) in [5.41, 5.74) is -0.452. The predicted octanol–water partition coefficient (Wildman–Crippen LogP) is 3.10. The molecule has 0 saturated heterocycles. The summed E-state index contributed by atoms with van der Waals surface area (Å²) >= 11 is 0. The van der Waals surface area contributed by atoms with Gasteiger partial charge < -0.3 is 18.9 Å². The fraction of sp³-hybridized carbons (Fsp3) is 0.556. The van der Waals surface area contributed by atoms with Gasteiger partial charge in [0.25, 0.3) is 0 Å². The van der Waals surface area contributed by atoms with Crippen LogP contribution in [0.1, 0.15) is 27.2 Å². The smallest absolute Gasteiger partial charge is 0.206 e. The highest BCUT2D eigenvalue weighted by molar-refractivity contribution is 7.95. The van der Waals surface area contributed by atoms with Gasteiger partial charge in [-0.15, -0.1) is 0 Å². The highest BCUT2D eigenvalue weighted by Crippen LogP contribution is 2.41. The summed E-state index contributed by atoms with van der Waals surface area (Å²) in [7, 11) is -2.04. The molecule has 1 aliphatic rings. The highest BCUT2D eigenvalue weighted by atomic mass is 32.2. The van der Waals surface area contributed by atoms with Crippen molar-refractivity contribution in [1.29, 1.82) is 0 Å². The monoisotopic (exact) mass is 370 g/mol. The fourth-order valence-electron chi connectivity index (χ4n) is 2.47. The Labute approximate surface area is 149 Å². The lowest BCUT2D eigenvalue weighted by atomic mass is 9.94. The molecule has 1 aliphatic heterocycles. The zero-order chi connectivity index (χ0) is 18.5. The molecule has 1 aromatic rings. The molecule has 2 rings (SSSR count). The molecule has 25 heavy (non-hydrogen) atoms. The van der Waals surface area contributed by atoms with Crippen LogP contribution in [0.15, 0.2) is 45.9 Å². The lowest BCUT2D eigenvalue weighted by molar-refractivity contribution is -0.175. The van der Waals surface area contributed by atoms with E-state index < -0.39 is 21.5 Å². The van der Waals surface area contributed by atoms with Gasteiger partial charge in [0.05, 0.1) is 23.0 Å². The molecule has 0 aliphatic carbocycles. The van der Waals surface area contributed by atoms with Crippen molar-refractivity contribution in [1.82, 2.24) is 0 Å². The van der Waals surface area contributed by atoms with Crippen molar-refractivity contribution in [3.05, 3.63) is 41.0 Å². The molecular weight excluding hydrogens is 344 g/mol. The SMILES string of the molecule is COCCOCOC1CC(S(=O)(=O)c2ccccc2)=C(C(C)(C)C)O1. The first-order valence-corrected chi connectivity index (χ1v) is 9.64. The van der Waals surface area contributed by atoms with Gasteiger partial charge in [0.15, 0.2) is 6.79 Å². The van der Waals surface area contributed by atoms with Crippen molar-refractivity contribution in [3.63, 3.8) is 0 Å². The molecule has 0 amide bonds. The topological polar surface area (TPSA) is 71.1 Å². The van der Waals surface area contributed by atoms with E-state index in [1.165, 1.54) is 0 Å². The minimum atomic E-state index is -3.63. The third kappa shape index (κ3) is 5.04. The number of methoxy groups -OCH3 is 1. The van der Waals surface area contributed by atoms with E-state index in [-0.39, 0.29) is 23.0 Å². The van der Waals surface area contributed by atoms with E-state index in [1.54, 1.807) is 37.4 Å². The predicted molar refractivity (Wildman–Crippen MR) is 93.4 cm³/mol. The van der Waals surface area contributed by atoms with Crippen LogP contribution in [0.4, 0.5) is 0 Å². The molecule has 0 aromatic heterocycles. The molecule has 0 spiro atoms. The lowest BCUT2D eigenvalue weighted by Crippen LogP contribution is -2.18. The Hall–Kier alpha value is -1.41. The van der Waals surface area contributed by atoms with Crippen LogP contribution < -0.4 is 0 Å². The van der Waals surface area contributed by atoms with Gasteiger partial charge in [-0.3, -0.25) is 0 Å². The summed E-state index contributed by atoms with van der Waals surface area (Å²) in [6, 6.07) is 8.37. The van der Waals surface area contributed by atoms with E-state index in [9.17, 15) is 8.42 Å². The summed E-state index contributed by atoms with van der Waals surface area (Å²) in [6.45, 7) is 6.64. The Bertz CT molecular complexity index is 688. The average molecular weight is 370 g/mol. The quantitative estimate of drug-likeness (QED) is 0.517. The van der Waals surface area contributed by atoms with Gasteiger partial charge >= 0.3 is 0 Å². The number of allylic oxidation sites excluding steroid dienone is 1. The van der Waals surface area contributed by atoms with Gasteiger partial charge in [-0.2, -0.15) is 0 Å². The second kappa shape index (κ2) is 8.31. The standard InChI is InChI=1S/C18H26O6S/c1-18(2,3)17-15(25(19,20)14-8-6-5-7-9-14)12-16(24-17)23-13-22-11-10-21-4/h5-9,16H,10-13H2,1-4H3. The van der Waals surface area contributed by atoms with Gasteiger partial charge in [-0.25, -0.2) is 8.42 Å². The van der Waals surface area contributed by atoms with E-state index in [1.807, 2.05) is 20.8 Å². The second-order valence-corrected chi connectivity index (χ2v) is 8.73. The Kier molecular flexibility index (Phi) is 6.62. The number of rotatable bonds is 8. The van der Waals surface area contributed by atoms with Crippen LogP contribution >= 0.6 is 0 Å². The Morgan fingerprint density at radius 3 is 2.44 bits per heavy atom. The van der Waals surface area contributed by atoms with Crippen LogP contribution in [0.25, 0.3) is 0 Å². The fourth-order valence-corrected chi connectivity index (χ4v) is 4.22. The summed E-state index contributed by atoms with van der Waals surface area (Å²) < 4.78 is 47.5. The van der Waals surface area contributed by atoms with Crippen LogP contribution in [-0.2, 0) is 28.8 Å². The summed E-state index contributed by atoms with van der Waals surface area (Å²) in [4.78, 5) is 0.528. The number of sulfone groups is 1. The molecule has 6 nitrogen and oxygen atoms in total. The minimum Gasteiger partial charge on any atom is -0.467 e. The third-order valence-corrected chi connectivity index (χ3v) is 5.58. The van der Waals surface area contributed by atoms with E-state index in [2.05, 4.69) is 0 Å². The molecule has 1 atom stereocenters. The first kappa shape index (κ1) is 19.9. The van der Waals surface area contributed by atoms with Crippen LogP contribution in [-0.4, -0.2) is 41.8 Å². The Morgan fingerprint density at radius 2 is 1.84 bits per heavy atom. The molecule has 1 heterocycles.